The van der Waals surface area contributed by atoms with Crippen molar-refractivity contribution >= 4 is 17.7 Å². The first-order valence-corrected chi connectivity index (χ1v) is 28.0. The molecule has 3 saturated carbocycles. The summed E-state index contributed by atoms with van der Waals surface area (Å²) in [7, 11) is 0. The average molecular weight is 874 g/mol. The van der Waals surface area contributed by atoms with Gasteiger partial charge in [0.15, 0.2) is 0 Å². The summed E-state index contributed by atoms with van der Waals surface area (Å²) in [6.07, 6.45) is 49.6. The zero-order chi connectivity index (χ0) is 44.7. The summed E-state index contributed by atoms with van der Waals surface area (Å²) in [5, 5.41) is 9.99. The van der Waals surface area contributed by atoms with E-state index in [9.17, 15) is 14.4 Å². The van der Waals surface area contributed by atoms with E-state index in [-0.39, 0.29) is 35.8 Å². The Labute approximate surface area is 388 Å². The Morgan fingerprint density at radius 3 is 0.762 bits per heavy atom. The number of hydrogen-bond acceptors (Lipinski definition) is 3. The molecule has 4 rings (SSSR count). The molecule has 1 aromatic rings. The van der Waals surface area contributed by atoms with Crippen LogP contribution in [0.2, 0.25) is 0 Å². The highest BCUT2D eigenvalue weighted by Gasteiger charge is 2.27. The van der Waals surface area contributed by atoms with E-state index in [2.05, 4.69) is 36.7 Å². The highest BCUT2D eigenvalue weighted by molar-refractivity contribution is 6.04. The maximum absolute atomic E-state index is 13.9. The maximum atomic E-state index is 13.9. The fraction of sp³-hybridized carbons (Fsp3) is 0.842. The molecule has 0 unspecified atom stereocenters. The fourth-order valence-corrected chi connectivity index (χ4v) is 11.3. The Kier molecular flexibility index (Phi) is 28.0. The molecule has 1 aromatic carbocycles. The Bertz CT molecular complexity index is 1180. The van der Waals surface area contributed by atoms with Gasteiger partial charge in [0.25, 0.3) is 17.7 Å². The summed E-state index contributed by atoms with van der Waals surface area (Å²) in [4.78, 5) is 41.8. The molecule has 6 nitrogen and oxygen atoms in total. The summed E-state index contributed by atoms with van der Waals surface area (Å²) >= 11 is 0. The maximum Gasteiger partial charge on any atom is 0.251 e. The summed E-state index contributed by atoms with van der Waals surface area (Å²) in [5.74, 6) is 1.82. The first-order valence-electron chi connectivity index (χ1n) is 28.0. The highest BCUT2D eigenvalue weighted by Crippen LogP contribution is 2.32. The number of benzene rings is 1. The van der Waals surface area contributed by atoms with Crippen molar-refractivity contribution in [3.05, 3.63) is 34.9 Å². The van der Waals surface area contributed by atoms with Crippen LogP contribution in [0.3, 0.4) is 0 Å². The number of rotatable bonds is 33. The van der Waals surface area contributed by atoms with E-state index in [1.807, 2.05) is 0 Å². The smallest absolute Gasteiger partial charge is 0.251 e. The molecule has 3 N–H and O–H groups in total. The van der Waals surface area contributed by atoms with Crippen LogP contribution in [0.4, 0.5) is 0 Å². The second kappa shape index (κ2) is 33.2. The highest BCUT2D eigenvalue weighted by atomic mass is 16.2. The number of amides is 3. The van der Waals surface area contributed by atoms with Crippen LogP contribution in [-0.4, -0.2) is 35.8 Å². The molecule has 3 aliphatic carbocycles. The van der Waals surface area contributed by atoms with Gasteiger partial charge in [-0.25, -0.2) is 0 Å². The Hall–Kier alpha value is -2.37. The first-order chi connectivity index (χ1) is 30.9. The monoisotopic (exact) mass is 874 g/mol. The van der Waals surface area contributed by atoms with Gasteiger partial charge in [-0.15, -0.1) is 0 Å². The van der Waals surface area contributed by atoms with Crippen LogP contribution in [0.25, 0.3) is 0 Å². The molecule has 3 fully saturated rings. The van der Waals surface area contributed by atoms with Crippen LogP contribution in [0, 0.1) is 17.8 Å². The Morgan fingerprint density at radius 1 is 0.333 bits per heavy atom. The third kappa shape index (κ3) is 22.6. The van der Waals surface area contributed by atoms with E-state index in [1.54, 1.807) is 18.2 Å². The van der Waals surface area contributed by atoms with Gasteiger partial charge in [0.05, 0.1) is 0 Å². The van der Waals surface area contributed by atoms with Crippen molar-refractivity contribution in [2.75, 3.05) is 0 Å². The van der Waals surface area contributed by atoms with E-state index in [4.69, 9.17) is 0 Å². The fourth-order valence-electron chi connectivity index (χ4n) is 11.3. The van der Waals surface area contributed by atoms with E-state index in [0.29, 0.717) is 16.7 Å². The lowest BCUT2D eigenvalue weighted by Gasteiger charge is -2.30. The van der Waals surface area contributed by atoms with Crippen molar-refractivity contribution in [3.63, 3.8) is 0 Å². The van der Waals surface area contributed by atoms with Gasteiger partial charge in [-0.05, 0) is 113 Å². The van der Waals surface area contributed by atoms with Crippen molar-refractivity contribution in [2.24, 2.45) is 17.8 Å². The predicted molar refractivity (Wildman–Crippen MR) is 268 cm³/mol. The number of unbranched alkanes of at least 4 members (excludes halogenated alkanes) is 21. The normalized spacial score (nSPS) is 22.7. The molecule has 63 heavy (non-hydrogen) atoms. The summed E-state index contributed by atoms with van der Waals surface area (Å²) < 4.78 is 0. The second-order valence-electron chi connectivity index (χ2n) is 21.2. The van der Waals surface area contributed by atoms with Crippen molar-refractivity contribution < 1.29 is 14.4 Å². The van der Waals surface area contributed by atoms with Gasteiger partial charge in [-0.3, -0.25) is 14.4 Å². The molecule has 0 aromatic heterocycles. The molecule has 360 valence electrons. The zero-order valence-electron chi connectivity index (χ0n) is 41.5. The Balaban J connectivity index is 1.26. The SMILES string of the molecule is CCCCCCCCCCC1CCC(NC(=O)c2cc(C(=O)NC3CCC(CCCCCCCCCC)CC3)cc(C(=O)NC3CCC(CCCCCCCCCC)CC3)c2)CC1. The van der Waals surface area contributed by atoms with Crippen LogP contribution in [0.15, 0.2) is 18.2 Å². The molecule has 6 heteroatoms. The molecule has 0 atom stereocenters. The van der Waals surface area contributed by atoms with Gasteiger partial charge in [0, 0.05) is 34.8 Å². The predicted octanol–water partition coefficient (Wildman–Crippen LogP) is 16.1. The molecule has 3 amide bonds. The quantitative estimate of drug-likeness (QED) is 0.0615. The molecule has 0 spiro atoms. The van der Waals surface area contributed by atoms with E-state index in [1.165, 1.54) is 212 Å². The van der Waals surface area contributed by atoms with Crippen LogP contribution in [0.1, 0.15) is 302 Å². The Morgan fingerprint density at radius 2 is 0.540 bits per heavy atom. The molecule has 0 saturated heterocycles. The van der Waals surface area contributed by atoms with Crippen LogP contribution in [-0.2, 0) is 0 Å². The van der Waals surface area contributed by atoms with Crippen LogP contribution >= 0.6 is 0 Å². The lowest BCUT2D eigenvalue weighted by molar-refractivity contribution is 0.0920. The largest absolute Gasteiger partial charge is 0.349 e. The van der Waals surface area contributed by atoms with Crippen molar-refractivity contribution in [3.8, 4) is 0 Å². The molecule has 0 aliphatic heterocycles. The van der Waals surface area contributed by atoms with Crippen molar-refractivity contribution in [1.82, 2.24) is 16.0 Å². The standard InChI is InChI=1S/C57H99N3O3/c1-4-7-10-13-16-19-22-25-28-46-31-37-52(38-32-46)58-55(61)49-43-50(56(62)59-53-39-33-47(34-40-53)29-26-23-20-17-14-11-8-5-2)45-51(44-49)57(63)60-54-41-35-48(36-42-54)30-27-24-21-18-15-12-9-6-3/h43-48,52-54H,4-42H2,1-3H3,(H,58,61)(H,59,62)(H,60,63). The third-order valence-corrected chi connectivity index (χ3v) is 15.7. The minimum absolute atomic E-state index is 0.143. The number of carbonyl (C=O) groups is 3. The van der Waals surface area contributed by atoms with E-state index >= 15 is 0 Å². The van der Waals surface area contributed by atoms with Crippen molar-refractivity contribution in [2.45, 2.75) is 289 Å². The van der Waals surface area contributed by atoms with Crippen molar-refractivity contribution in [1.29, 1.82) is 0 Å². The first kappa shape index (κ1) is 53.2. The van der Waals surface area contributed by atoms with E-state index in [0.717, 1.165) is 56.3 Å². The molecule has 0 bridgehead atoms. The van der Waals surface area contributed by atoms with Gasteiger partial charge >= 0.3 is 0 Å². The topological polar surface area (TPSA) is 87.3 Å². The lowest BCUT2D eigenvalue weighted by atomic mass is 9.82. The van der Waals surface area contributed by atoms with Gasteiger partial charge in [-0.1, -0.05) is 194 Å². The third-order valence-electron chi connectivity index (χ3n) is 15.7. The van der Waals surface area contributed by atoms with E-state index < -0.39 is 0 Å². The van der Waals surface area contributed by atoms with Gasteiger partial charge < -0.3 is 16.0 Å². The summed E-state index contributed by atoms with van der Waals surface area (Å²) in [6.45, 7) is 6.84. The number of nitrogens with one attached hydrogen (secondary N) is 3. The van der Waals surface area contributed by atoms with Gasteiger partial charge in [0.1, 0.15) is 0 Å². The molecule has 3 aliphatic rings. The summed E-state index contributed by atoms with van der Waals surface area (Å²) in [5.41, 5.74) is 1.28. The minimum atomic E-state index is -0.159. The minimum Gasteiger partial charge on any atom is -0.349 e. The van der Waals surface area contributed by atoms with Gasteiger partial charge in [0.2, 0.25) is 0 Å². The average Bonchev–Trinajstić information content (AvgIpc) is 3.30. The van der Waals surface area contributed by atoms with Crippen LogP contribution < -0.4 is 16.0 Å². The zero-order valence-corrected chi connectivity index (χ0v) is 41.5. The second-order valence-corrected chi connectivity index (χ2v) is 21.2. The summed E-state index contributed by atoms with van der Waals surface area (Å²) in [6, 6.07) is 5.64. The molecule has 0 heterocycles. The van der Waals surface area contributed by atoms with Gasteiger partial charge in [-0.2, -0.15) is 0 Å². The lowest BCUT2D eigenvalue weighted by Crippen LogP contribution is -2.40. The number of carbonyl (C=O) groups excluding carboxylic acids is 3. The molecule has 0 radical (unpaired) electrons. The molecular weight excluding hydrogens is 775 g/mol. The van der Waals surface area contributed by atoms with Crippen LogP contribution in [0.5, 0.6) is 0 Å². The number of hydrogen-bond donors (Lipinski definition) is 3. The molecular formula is C57H99N3O3.